The van der Waals surface area contributed by atoms with Crippen molar-refractivity contribution in [3.8, 4) is 12.1 Å². The van der Waals surface area contributed by atoms with Crippen molar-refractivity contribution in [3.05, 3.63) is 73.2 Å². The topological polar surface area (TPSA) is 82.8 Å². The number of nitrogens with zero attached hydrogens (tertiary/aromatic N) is 2. The van der Waals surface area contributed by atoms with Crippen molar-refractivity contribution < 1.29 is 4.74 Å². The van der Waals surface area contributed by atoms with Crippen LogP contribution in [-0.4, -0.2) is 0 Å². The van der Waals surface area contributed by atoms with Crippen molar-refractivity contribution in [1.29, 1.82) is 10.5 Å². The highest BCUT2D eigenvalue weighted by Gasteiger charge is 2.36. The quantitative estimate of drug-likeness (QED) is 0.819. The van der Waals surface area contributed by atoms with E-state index in [2.05, 4.69) is 6.07 Å². The molecule has 4 nitrogen and oxygen atoms in total. The van der Waals surface area contributed by atoms with E-state index in [1.807, 2.05) is 23.6 Å². The largest absolute Gasteiger partial charge is 0.438 e. The highest BCUT2D eigenvalue weighted by Crippen LogP contribution is 2.46. The second-order valence-electron chi connectivity index (χ2n) is 4.89. The van der Waals surface area contributed by atoms with Crippen LogP contribution in [-0.2, 0) is 4.74 Å². The van der Waals surface area contributed by atoms with Crippen molar-refractivity contribution in [2.75, 3.05) is 0 Å². The fraction of sp³-hybridized carbons (Fsp3) is 0.0588. The summed E-state index contributed by atoms with van der Waals surface area (Å²) in [5, 5.41) is 21.8. The fourth-order valence-corrected chi connectivity index (χ4v) is 3.87. The first-order chi connectivity index (χ1) is 11.6. The van der Waals surface area contributed by atoms with Gasteiger partial charge in [-0.1, -0.05) is 35.3 Å². The van der Waals surface area contributed by atoms with Crippen LogP contribution in [0.15, 0.2) is 52.7 Å². The van der Waals surface area contributed by atoms with E-state index in [-0.39, 0.29) is 17.0 Å². The summed E-state index contributed by atoms with van der Waals surface area (Å²) in [7, 11) is 0. The Morgan fingerprint density at radius 1 is 1.04 bits per heavy atom. The summed E-state index contributed by atoms with van der Waals surface area (Å²) in [6.45, 7) is 0. The van der Waals surface area contributed by atoms with Gasteiger partial charge in [-0.15, -0.1) is 11.3 Å². The highest BCUT2D eigenvalue weighted by molar-refractivity contribution is 7.11. The molecule has 1 aliphatic rings. The molecule has 0 saturated heterocycles. The lowest BCUT2D eigenvalue weighted by molar-refractivity contribution is 0.358. The van der Waals surface area contributed by atoms with E-state index in [1.54, 1.807) is 18.2 Å². The van der Waals surface area contributed by atoms with Gasteiger partial charge in [0.1, 0.15) is 11.6 Å². The van der Waals surface area contributed by atoms with Crippen molar-refractivity contribution in [2.24, 2.45) is 5.73 Å². The van der Waals surface area contributed by atoms with E-state index in [9.17, 15) is 10.5 Å². The number of hydrogen-bond donors (Lipinski definition) is 1. The zero-order chi connectivity index (χ0) is 17.3. The van der Waals surface area contributed by atoms with Crippen molar-refractivity contribution >= 4 is 40.3 Å². The van der Waals surface area contributed by atoms with E-state index in [1.165, 1.54) is 11.3 Å². The van der Waals surface area contributed by atoms with Crippen LogP contribution >= 0.6 is 34.5 Å². The summed E-state index contributed by atoms with van der Waals surface area (Å²) >= 11 is 14.0. The van der Waals surface area contributed by atoms with Crippen LogP contribution in [0, 0.1) is 22.7 Å². The fourth-order valence-electron chi connectivity index (χ4n) is 2.54. The molecule has 0 aliphatic carbocycles. The van der Waals surface area contributed by atoms with E-state index < -0.39 is 5.92 Å². The Labute approximate surface area is 152 Å². The van der Waals surface area contributed by atoms with Crippen LogP contribution < -0.4 is 5.73 Å². The van der Waals surface area contributed by atoms with E-state index in [0.29, 0.717) is 21.4 Å². The molecule has 3 rings (SSSR count). The van der Waals surface area contributed by atoms with Gasteiger partial charge in [0.15, 0.2) is 5.76 Å². The number of nitriles is 2. The molecular weight excluding hydrogens is 365 g/mol. The van der Waals surface area contributed by atoms with Crippen molar-refractivity contribution in [1.82, 2.24) is 0 Å². The number of halogens is 2. The molecule has 1 atom stereocenters. The van der Waals surface area contributed by atoms with Crippen LogP contribution in [0.3, 0.4) is 0 Å². The van der Waals surface area contributed by atoms with Gasteiger partial charge in [-0.3, -0.25) is 0 Å². The minimum Gasteiger partial charge on any atom is -0.438 e. The number of thiophene rings is 1. The number of ether oxygens (including phenoxy) is 1. The Balaban J connectivity index is 2.32. The van der Waals surface area contributed by atoms with Crippen LogP contribution in [0.4, 0.5) is 0 Å². The SMILES string of the molecule is N#CC1=C(N)OC(c2cccs2)=C(C#N)C1c1c(Cl)cccc1Cl. The average Bonchev–Trinajstić information content (AvgIpc) is 3.08. The first kappa shape index (κ1) is 16.4. The van der Waals surface area contributed by atoms with Gasteiger partial charge in [0, 0.05) is 15.6 Å². The van der Waals surface area contributed by atoms with Gasteiger partial charge in [-0.25, -0.2) is 0 Å². The molecule has 1 unspecified atom stereocenters. The molecule has 0 spiro atoms. The average molecular weight is 374 g/mol. The number of nitrogens with two attached hydrogens (primary N) is 1. The normalized spacial score (nSPS) is 17.2. The van der Waals surface area contributed by atoms with Gasteiger partial charge < -0.3 is 10.5 Å². The molecule has 0 fully saturated rings. The molecule has 0 amide bonds. The molecule has 1 aromatic carbocycles. The minimum absolute atomic E-state index is 0.0547. The molecule has 118 valence electrons. The molecule has 0 radical (unpaired) electrons. The van der Waals surface area contributed by atoms with Gasteiger partial charge in [-0.05, 0) is 23.6 Å². The number of hydrogen-bond acceptors (Lipinski definition) is 5. The second-order valence-corrected chi connectivity index (χ2v) is 6.65. The van der Waals surface area contributed by atoms with Crippen LogP contribution in [0.1, 0.15) is 16.4 Å². The number of allylic oxidation sites excluding steroid dienone is 2. The summed E-state index contributed by atoms with van der Waals surface area (Å²) in [6.07, 6.45) is 0. The molecule has 2 N–H and O–H groups in total. The molecule has 0 bridgehead atoms. The van der Waals surface area contributed by atoms with E-state index >= 15 is 0 Å². The predicted molar refractivity (Wildman–Crippen MR) is 94.0 cm³/mol. The lowest BCUT2D eigenvalue weighted by atomic mass is 9.83. The summed E-state index contributed by atoms with van der Waals surface area (Å²) in [4.78, 5) is 0.736. The third-order valence-electron chi connectivity index (χ3n) is 3.57. The summed E-state index contributed by atoms with van der Waals surface area (Å²) < 4.78 is 5.59. The van der Waals surface area contributed by atoms with E-state index in [4.69, 9.17) is 33.7 Å². The third kappa shape index (κ3) is 2.64. The van der Waals surface area contributed by atoms with Gasteiger partial charge >= 0.3 is 0 Å². The summed E-state index contributed by atoms with van der Waals surface area (Å²) in [5.41, 5.74) is 6.77. The van der Waals surface area contributed by atoms with Gasteiger partial charge in [0.2, 0.25) is 5.88 Å². The maximum Gasteiger partial charge on any atom is 0.205 e. The van der Waals surface area contributed by atoms with Crippen LogP contribution in [0.5, 0.6) is 0 Å². The van der Waals surface area contributed by atoms with Crippen LogP contribution in [0.25, 0.3) is 5.76 Å². The first-order valence-electron chi connectivity index (χ1n) is 6.78. The minimum atomic E-state index is -0.771. The zero-order valence-electron chi connectivity index (χ0n) is 12.1. The zero-order valence-corrected chi connectivity index (χ0v) is 14.4. The van der Waals surface area contributed by atoms with Gasteiger partial charge in [0.25, 0.3) is 0 Å². The van der Waals surface area contributed by atoms with Crippen molar-refractivity contribution in [3.63, 3.8) is 0 Å². The maximum absolute atomic E-state index is 9.73. The van der Waals surface area contributed by atoms with E-state index in [0.717, 1.165) is 4.88 Å². The number of benzene rings is 1. The van der Waals surface area contributed by atoms with Gasteiger partial charge in [-0.2, -0.15) is 10.5 Å². The standard InChI is InChI=1S/C17H9Cl2N3OS/c18-11-3-1-4-12(19)15(11)14-9(7-20)16(13-5-2-6-24-13)23-17(22)10(14)8-21/h1-6,14H,22H2. The smallest absolute Gasteiger partial charge is 0.205 e. The molecule has 24 heavy (non-hydrogen) atoms. The van der Waals surface area contributed by atoms with Gasteiger partial charge in [0.05, 0.1) is 22.4 Å². The number of rotatable bonds is 2. The molecule has 1 aliphatic heterocycles. The lowest BCUT2D eigenvalue weighted by Crippen LogP contribution is -2.20. The summed E-state index contributed by atoms with van der Waals surface area (Å²) in [6, 6.07) is 12.8. The van der Waals surface area contributed by atoms with Crippen molar-refractivity contribution in [2.45, 2.75) is 5.92 Å². The molecule has 0 saturated carbocycles. The highest BCUT2D eigenvalue weighted by atomic mass is 35.5. The Morgan fingerprint density at radius 2 is 1.71 bits per heavy atom. The summed E-state index contributed by atoms with van der Waals surface area (Å²) in [5.74, 6) is -0.502. The Kier molecular flexibility index (Phi) is 4.51. The molecule has 7 heteroatoms. The Morgan fingerprint density at radius 3 is 2.25 bits per heavy atom. The third-order valence-corrected chi connectivity index (χ3v) is 5.10. The lowest BCUT2D eigenvalue weighted by Gasteiger charge is -2.26. The van der Waals surface area contributed by atoms with Crippen LogP contribution in [0.2, 0.25) is 10.0 Å². The molecule has 2 aromatic rings. The first-order valence-corrected chi connectivity index (χ1v) is 8.41. The molecule has 2 heterocycles. The Bertz CT molecular complexity index is 929. The molecular formula is C17H9Cl2N3OS. The maximum atomic E-state index is 9.73. The Hall–Kier alpha value is -2.44. The second kappa shape index (κ2) is 6.59. The predicted octanol–water partition coefficient (Wildman–Crippen LogP) is 4.80. The monoisotopic (exact) mass is 373 g/mol. The molecule has 1 aromatic heterocycles.